The van der Waals surface area contributed by atoms with Gasteiger partial charge in [0.25, 0.3) is 0 Å². The van der Waals surface area contributed by atoms with Crippen molar-refractivity contribution in [2.24, 2.45) is 0 Å². The minimum absolute atomic E-state index is 0.162. The van der Waals surface area contributed by atoms with E-state index in [9.17, 15) is 4.79 Å². The van der Waals surface area contributed by atoms with E-state index >= 15 is 0 Å². The molecule has 1 aliphatic rings. The number of anilines is 1. The van der Waals surface area contributed by atoms with Crippen molar-refractivity contribution in [3.05, 3.63) is 64.6 Å². The first kappa shape index (κ1) is 20.2. The molecule has 31 heavy (non-hydrogen) atoms. The van der Waals surface area contributed by atoms with Crippen LogP contribution in [-0.4, -0.2) is 36.6 Å². The van der Waals surface area contributed by atoms with Crippen molar-refractivity contribution in [3.8, 4) is 17.1 Å². The smallest absolute Gasteiger partial charge is 0.236 e. The molecule has 1 aliphatic carbocycles. The number of amides is 1. The Hall–Kier alpha value is -2.75. The van der Waals surface area contributed by atoms with Crippen LogP contribution < -0.4 is 5.32 Å². The molecule has 1 N–H and O–H groups in total. The van der Waals surface area contributed by atoms with Gasteiger partial charge in [-0.05, 0) is 31.0 Å². The third-order valence-corrected chi connectivity index (χ3v) is 6.84. The van der Waals surface area contributed by atoms with E-state index in [0.29, 0.717) is 27.1 Å². The molecular formula is C21H17ClN6OS2. The van der Waals surface area contributed by atoms with E-state index in [4.69, 9.17) is 11.6 Å². The molecule has 0 bridgehead atoms. The second-order valence-corrected chi connectivity index (χ2v) is 9.43. The van der Waals surface area contributed by atoms with Crippen LogP contribution >= 0.6 is 34.7 Å². The quantitative estimate of drug-likeness (QED) is 0.382. The Balaban J connectivity index is 1.36. The number of rotatable bonds is 7. The van der Waals surface area contributed by atoms with Gasteiger partial charge in [-0.2, -0.15) is 0 Å². The van der Waals surface area contributed by atoms with Crippen LogP contribution in [0.25, 0.3) is 17.1 Å². The van der Waals surface area contributed by atoms with Gasteiger partial charge >= 0.3 is 0 Å². The SMILES string of the molecule is O=C(CSc1nnc(-c2ccccc2)n1-c1cccc(Cl)c1)Nc1nnc(C2CC2)s1. The van der Waals surface area contributed by atoms with E-state index in [1.54, 1.807) is 0 Å². The maximum atomic E-state index is 12.5. The number of hydrogen-bond donors (Lipinski definition) is 1. The normalized spacial score (nSPS) is 13.3. The lowest BCUT2D eigenvalue weighted by Crippen LogP contribution is -2.14. The lowest BCUT2D eigenvalue weighted by atomic mass is 10.2. The van der Waals surface area contributed by atoms with Crippen LogP contribution in [0.4, 0.5) is 5.13 Å². The monoisotopic (exact) mass is 468 g/mol. The van der Waals surface area contributed by atoms with Crippen molar-refractivity contribution < 1.29 is 4.79 Å². The van der Waals surface area contributed by atoms with Crippen molar-refractivity contribution >= 4 is 45.7 Å². The Morgan fingerprint density at radius 3 is 2.71 bits per heavy atom. The van der Waals surface area contributed by atoms with E-state index in [2.05, 4.69) is 25.7 Å². The zero-order valence-corrected chi connectivity index (χ0v) is 18.6. The van der Waals surface area contributed by atoms with E-state index in [0.717, 1.165) is 29.1 Å². The molecule has 2 aromatic carbocycles. The van der Waals surface area contributed by atoms with E-state index in [1.165, 1.54) is 23.1 Å². The Morgan fingerprint density at radius 1 is 1.10 bits per heavy atom. The van der Waals surface area contributed by atoms with Crippen molar-refractivity contribution in [1.82, 2.24) is 25.0 Å². The predicted molar refractivity (Wildman–Crippen MR) is 123 cm³/mol. The van der Waals surface area contributed by atoms with Gasteiger partial charge in [0, 0.05) is 16.5 Å². The number of aromatic nitrogens is 5. The molecule has 2 aromatic heterocycles. The molecular weight excluding hydrogens is 452 g/mol. The molecule has 1 saturated carbocycles. The third-order valence-electron chi connectivity index (χ3n) is 4.68. The summed E-state index contributed by atoms with van der Waals surface area (Å²) in [4.78, 5) is 12.5. The molecule has 1 fully saturated rings. The topological polar surface area (TPSA) is 85.6 Å². The molecule has 0 unspecified atom stereocenters. The summed E-state index contributed by atoms with van der Waals surface area (Å²) in [5, 5.41) is 22.5. The minimum Gasteiger partial charge on any atom is -0.300 e. The first-order valence-corrected chi connectivity index (χ1v) is 11.9. The zero-order valence-electron chi connectivity index (χ0n) is 16.2. The average Bonchev–Trinajstić information content (AvgIpc) is 3.38. The summed E-state index contributed by atoms with van der Waals surface area (Å²) in [5.41, 5.74) is 1.75. The van der Waals surface area contributed by atoms with Crippen LogP contribution in [0.15, 0.2) is 59.8 Å². The molecule has 4 aromatic rings. The molecule has 7 nitrogen and oxygen atoms in total. The van der Waals surface area contributed by atoms with Crippen LogP contribution in [0.1, 0.15) is 23.8 Å². The first-order chi connectivity index (χ1) is 15.2. The van der Waals surface area contributed by atoms with Gasteiger partial charge in [-0.3, -0.25) is 14.7 Å². The Labute approximate surface area is 191 Å². The summed E-state index contributed by atoms with van der Waals surface area (Å²) >= 11 is 8.97. The maximum absolute atomic E-state index is 12.5. The number of hydrogen-bond acceptors (Lipinski definition) is 7. The highest BCUT2D eigenvalue weighted by Crippen LogP contribution is 2.42. The van der Waals surface area contributed by atoms with Crippen LogP contribution in [0, 0.1) is 0 Å². The van der Waals surface area contributed by atoms with Gasteiger partial charge in [-0.25, -0.2) is 0 Å². The molecule has 1 amide bonds. The Morgan fingerprint density at radius 2 is 1.94 bits per heavy atom. The number of benzene rings is 2. The number of carbonyl (C=O) groups is 1. The Kier molecular flexibility index (Phi) is 5.71. The largest absolute Gasteiger partial charge is 0.300 e. The number of thioether (sulfide) groups is 1. The summed E-state index contributed by atoms with van der Waals surface area (Å²) < 4.78 is 1.91. The zero-order chi connectivity index (χ0) is 21.2. The van der Waals surface area contributed by atoms with Crippen molar-refractivity contribution in [2.45, 2.75) is 23.9 Å². The van der Waals surface area contributed by atoms with Gasteiger partial charge in [-0.1, -0.05) is 71.1 Å². The molecule has 0 spiro atoms. The molecule has 10 heteroatoms. The second-order valence-electron chi connectivity index (χ2n) is 7.04. The van der Waals surface area contributed by atoms with E-state index < -0.39 is 0 Å². The highest BCUT2D eigenvalue weighted by atomic mass is 35.5. The fourth-order valence-corrected chi connectivity index (χ4v) is 4.92. The molecule has 0 radical (unpaired) electrons. The summed E-state index contributed by atoms with van der Waals surface area (Å²) in [6, 6.07) is 17.3. The predicted octanol–water partition coefficient (Wildman–Crippen LogP) is 5.05. The molecule has 0 aliphatic heterocycles. The highest BCUT2D eigenvalue weighted by Gasteiger charge is 2.27. The molecule has 2 heterocycles. The van der Waals surface area contributed by atoms with Crippen molar-refractivity contribution in [3.63, 3.8) is 0 Å². The van der Waals surface area contributed by atoms with Gasteiger partial charge in [0.1, 0.15) is 5.01 Å². The van der Waals surface area contributed by atoms with E-state index in [-0.39, 0.29) is 11.7 Å². The van der Waals surface area contributed by atoms with Crippen molar-refractivity contribution in [1.29, 1.82) is 0 Å². The standard InChI is InChI=1S/C21H17ClN6OS2/c22-15-7-4-8-16(11-15)28-18(13-5-2-1-3-6-13)24-27-21(28)30-12-17(29)23-20-26-25-19(31-20)14-9-10-14/h1-8,11,14H,9-10,12H2,(H,23,26,29). The first-order valence-electron chi connectivity index (χ1n) is 9.70. The fourth-order valence-electron chi connectivity index (χ4n) is 3.05. The van der Waals surface area contributed by atoms with Gasteiger partial charge in [0.15, 0.2) is 11.0 Å². The molecule has 0 atom stereocenters. The number of halogens is 1. The molecule has 5 rings (SSSR count). The van der Waals surface area contributed by atoms with E-state index in [1.807, 2.05) is 59.2 Å². The van der Waals surface area contributed by atoms with Gasteiger partial charge in [0.2, 0.25) is 11.0 Å². The Bertz CT molecular complexity index is 1220. The number of nitrogens with zero attached hydrogens (tertiary/aromatic N) is 5. The summed E-state index contributed by atoms with van der Waals surface area (Å²) in [7, 11) is 0. The average molecular weight is 469 g/mol. The van der Waals surface area contributed by atoms with Crippen LogP contribution in [-0.2, 0) is 4.79 Å². The minimum atomic E-state index is -0.162. The van der Waals surface area contributed by atoms with Gasteiger partial charge < -0.3 is 0 Å². The highest BCUT2D eigenvalue weighted by molar-refractivity contribution is 7.99. The molecule has 0 saturated heterocycles. The van der Waals surface area contributed by atoms with Gasteiger partial charge in [-0.15, -0.1) is 20.4 Å². The lowest BCUT2D eigenvalue weighted by Gasteiger charge is -2.10. The van der Waals surface area contributed by atoms with Crippen molar-refractivity contribution in [2.75, 3.05) is 11.1 Å². The van der Waals surface area contributed by atoms with Crippen LogP contribution in [0.5, 0.6) is 0 Å². The lowest BCUT2D eigenvalue weighted by molar-refractivity contribution is -0.113. The maximum Gasteiger partial charge on any atom is 0.236 e. The van der Waals surface area contributed by atoms with Crippen LogP contribution in [0.2, 0.25) is 5.02 Å². The third kappa shape index (κ3) is 4.63. The van der Waals surface area contributed by atoms with Gasteiger partial charge in [0.05, 0.1) is 11.4 Å². The summed E-state index contributed by atoms with van der Waals surface area (Å²) in [6.45, 7) is 0. The fraction of sp³-hybridized carbons (Fsp3) is 0.190. The number of nitrogens with one attached hydrogen (secondary N) is 1. The summed E-state index contributed by atoms with van der Waals surface area (Å²) in [5.74, 6) is 1.21. The molecule has 156 valence electrons. The second kappa shape index (κ2) is 8.78. The number of carbonyl (C=O) groups excluding carboxylic acids is 1. The summed E-state index contributed by atoms with van der Waals surface area (Å²) in [6.07, 6.45) is 2.31. The van der Waals surface area contributed by atoms with Crippen LogP contribution in [0.3, 0.4) is 0 Å².